The number of hydrogen-bond acceptors (Lipinski definition) is 2. The highest BCUT2D eigenvalue weighted by Crippen LogP contribution is 2.35. The van der Waals surface area contributed by atoms with E-state index in [4.69, 9.17) is 5.26 Å². The highest BCUT2D eigenvalue weighted by atomic mass is 19.4. The van der Waals surface area contributed by atoms with Crippen LogP contribution >= 0.6 is 0 Å². The van der Waals surface area contributed by atoms with Gasteiger partial charge >= 0.3 is 12.4 Å². The summed E-state index contributed by atoms with van der Waals surface area (Å²) in [6.45, 7) is -0.937. The van der Waals surface area contributed by atoms with Crippen molar-refractivity contribution in [3.8, 4) is 6.07 Å². The van der Waals surface area contributed by atoms with Crippen molar-refractivity contribution < 1.29 is 26.3 Å². The van der Waals surface area contributed by atoms with Crippen LogP contribution in [0.4, 0.5) is 32.0 Å². The third-order valence-electron chi connectivity index (χ3n) is 2.28. The van der Waals surface area contributed by atoms with Crippen molar-refractivity contribution in [3.63, 3.8) is 0 Å². The first-order chi connectivity index (χ1) is 8.66. The van der Waals surface area contributed by atoms with Gasteiger partial charge in [0.15, 0.2) is 5.92 Å². The molecule has 0 aromatic heterocycles. The fraction of sp³-hybridized carbons (Fsp3) is 0.364. The lowest BCUT2D eigenvalue weighted by Gasteiger charge is -2.17. The van der Waals surface area contributed by atoms with E-state index in [1.54, 1.807) is 0 Å². The maximum Gasteiger partial charge on any atom is 0.418 e. The number of benzene rings is 1. The molecular formula is C11H8F6N2. The second kappa shape index (κ2) is 5.38. The van der Waals surface area contributed by atoms with Crippen LogP contribution in [0.25, 0.3) is 0 Å². The summed E-state index contributed by atoms with van der Waals surface area (Å²) in [5.41, 5.74) is -1.56. The molecule has 0 saturated heterocycles. The van der Waals surface area contributed by atoms with Crippen molar-refractivity contribution in [2.75, 3.05) is 11.9 Å². The van der Waals surface area contributed by atoms with Gasteiger partial charge in [-0.2, -0.15) is 31.6 Å². The van der Waals surface area contributed by atoms with Crippen molar-refractivity contribution in [1.82, 2.24) is 0 Å². The number of alkyl halides is 6. The van der Waals surface area contributed by atoms with Gasteiger partial charge in [0, 0.05) is 12.2 Å². The lowest BCUT2D eigenvalue weighted by molar-refractivity contribution is -0.155. The number of nitrogens with zero attached hydrogens (tertiary/aromatic N) is 1. The van der Waals surface area contributed by atoms with E-state index in [1.165, 1.54) is 6.07 Å². The molecule has 0 aliphatic rings. The van der Waals surface area contributed by atoms with E-state index >= 15 is 0 Å². The van der Waals surface area contributed by atoms with Crippen LogP contribution in [0.1, 0.15) is 5.56 Å². The fourth-order valence-corrected chi connectivity index (χ4v) is 1.33. The molecule has 0 heterocycles. The van der Waals surface area contributed by atoms with Gasteiger partial charge in [0.2, 0.25) is 0 Å². The zero-order chi connectivity index (χ0) is 14.7. The molecule has 1 aromatic rings. The summed E-state index contributed by atoms with van der Waals surface area (Å²) in [5, 5.41) is 10.4. The van der Waals surface area contributed by atoms with Crippen LogP contribution in [0.5, 0.6) is 0 Å². The van der Waals surface area contributed by atoms with E-state index in [-0.39, 0.29) is 0 Å². The summed E-state index contributed by atoms with van der Waals surface area (Å²) in [6, 6.07) is 5.14. The predicted molar refractivity (Wildman–Crippen MR) is 55.1 cm³/mol. The number of para-hydroxylation sites is 1. The third kappa shape index (κ3) is 4.05. The molecule has 0 radical (unpaired) electrons. The Morgan fingerprint density at radius 2 is 1.68 bits per heavy atom. The molecule has 1 aromatic carbocycles. The Morgan fingerprint density at radius 3 is 2.16 bits per heavy atom. The molecule has 104 valence electrons. The monoisotopic (exact) mass is 282 g/mol. The van der Waals surface area contributed by atoms with E-state index in [0.717, 1.165) is 24.3 Å². The van der Waals surface area contributed by atoms with E-state index in [0.29, 0.717) is 0 Å². The van der Waals surface area contributed by atoms with Crippen LogP contribution < -0.4 is 5.32 Å². The van der Waals surface area contributed by atoms with Gasteiger partial charge in [0.05, 0.1) is 11.6 Å². The predicted octanol–water partition coefficient (Wildman–Crippen LogP) is 3.82. The van der Waals surface area contributed by atoms with Gasteiger partial charge in [0.1, 0.15) is 0 Å². The number of rotatable bonds is 3. The lowest BCUT2D eigenvalue weighted by atomic mass is 10.1. The topological polar surface area (TPSA) is 35.8 Å². The van der Waals surface area contributed by atoms with Crippen LogP contribution in [0.2, 0.25) is 0 Å². The summed E-state index contributed by atoms with van der Waals surface area (Å²) in [4.78, 5) is 0. The van der Waals surface area contributed by atoms with E-state index in [1.807, 2.05) is 5.32 Å². The number of nitrogens with one attached hydrogen (secondary N) is 1. The quantitative estimate of drug-likeness (QED) is 0.855. The largest absolute Gasteiger partial charge is 0.418 e. The molecule has 1 rings (SSSR count). The van der Waals surface area contributed by atoms with Crippen LogP contribution in [-0.2, 0) is 6.18 Å². The first-order valence-electron chi connectivity index (χ1n) is 5.02. The average Bonchev–Trinajstić information content (AvgIpc) is 2.27. The van der Waals surface area contributed by atoms with Crippen molar-refractivity contribution in [3.05, 3.63) is 29.8 Å². The van der Waals surface area contributed by atoms with Gasteiger partial charge in [-0.25, -0.2) is 0 Å². The Labute approximate surface area is 104 Å². The van der Waals surface area contributed by atoms with Crippen LogP contribution in [0.15, 0.2) is 24.3 Å². The zero-order valence-electron chi connectivity index (χ0n) is 9.31. The smallest absolute Gasteiger partial charge is 0.383 e. The second-order valence-electron chi connectivity index (χ2n) is 3.65. The van der Waals surface area contributed by atoms with Gasteiger partial charge in [0.25, 0.3) is 0 Å². The Kier molecular flexibility index (Phi) is 4.29. The maximum atomic E-state index is 12.6. The molecule has 0 amide bonds. The summed E-state index contributed by atoms with van der Waals surface area (Å²) in [7, 11) is 0. The number of nitriles is 1. The molecule has 8 heteroatoms. The minimum absolute atomic E-state index is 0.487. The molecule has 0 aliphatic carbocycles. The van der Waals surface area contributed by atoms with Crippen molar-refractivity contribution in [1.29, 1.82) is 5.26 Å². The van der Waals surface area contributed by atoms with Crippen molar-refractivity contribution >= 4 is 5.69 Å². The Bertz CT molecular complexity index is 471. The Morgan fingerprint density at radius 1 is 1.11 bits per heavy atom. The standard InChI is InChI=1S/C11H8F6N2/c12-10(13,14)7(5-18)6-19-9-4-2-1-3-8(9)11(15,16)17/h1-4,7,19H,6H2. The Balaban J connectivity index is 2.88. The van der Waals surface area contributed by atoms with E-state index < -0.39 is 36.1 Å². The van der Waals surface area contributed by atoms with Gasteiger partial charge in [-0.05, 0) is 12.1 Å². The van der Waals surface area contributed by atoms with Gasteiger partial charge in [-0.3, -0.25) is 0 Å². The summed E-state index contributed by atoms with van der Waals surface area (Å²) in [5.74, 6) is -2.37. The SMILES string of the molecule is N#CC(CNc1ccccc1C(F)(F)F)C(F)(F)F. The zero-order valence-corrected chi connectivity index (χ0v) is 9.31. The van der Waals surface area contributed by atoms with Crippen LogP contribution in [-0.4, -0.2) is 12.7 Å². The molecule has 0 aliphatic heterocycles. The molecule has 19 heavy (non-hydrogen) atoms. The molecule has 0 saturated carbocycles. The molecule has 1 unspecified atom stereocenters. The van der Waals surface area contributed by atoms with Crippen LogP contribution in [0, 0.1) is 17.2 Å². The van der Waals surface area contributed by atoms with Gasteiger partial charge in [-0.1, -0.05) is 12.1 Å². The highest BCUT2D eigenvalue weighted by Gasteiger charge is 2.40. The number of anilines is 1. The normalized spacial score (nSPS) is 13.7. The first kappa shape index (κ1) is 15.1. The highest BCUT2D eigenvalue weighted by molar-refractivity contribution is 5.52. The van der Waals surface area contributed by atoms with Gasteiger partial charge in [-0.15, -0.1) is 0 Å². The van der Waals surface area contributed by atoms with Crippen molar-refractivity contribution in [2.45, 2.75) is 12.4 Å². The Hall–Kier alpha value is -1.91. The summed E-state index contributed by atoms with van der Waals surface area (Å²) >= 11 is 0. The van der Waals surface area contributed by atoms with E-state index in [9.17, 15) is 26.3 Å². The maximum absolute atomic E-state index is 12.6. The average molecular weight is 282 g/mol. The molecule has 0 fully saturated rings. The number of halogens is 6. The minimum Gasteiger partial charge on any atom is -0.383 e. The molecule has 2 nitrogen and oxygen atoms in total. The molecule has 0 spiro atoms. The summed E-state index contributed by atoms with van der Waals surface area (Å²) < 4.78 is 74.5. The molecular weight excluding hydrogens is 274 g/mol. The minimum atomic E-state index is -4.78. The van der Waals surface area contributed by atoms with E-state index in [2.05, 4.69) is 0 Å². The number of hydrogen-bond donors (Lipinski definition) is 1. The van der Waals surface area contributed by atoms with Gasteiger partial charge < -0.3 is 5.32 Å². The van der Waals surface area contributed by atoms with Crippen molar-refractivity contribution in [2.24, 2.45) is 5.92 Å². The second-order valence-corrected chi connectivity index (χ2v) is 3.65. The van der Waals surface area contributed by atoms with Crippen LogP contribution in [0.3, 0.4) is 0 Å². The fourth-order valence-electron chi connectivity index (χ4n) is 1.33. The lowest BCUT2D eigenvalue weighted by Crippen LogP contribution is -2.28. The first-order valence-corrected chi connectivity index (χ1v) is 5.02. The molecule has 1 N–H and O–H groups in total. The summed E-state index contributed by atoms with van der Waals surface area (Å²) in [6.07, 6.45) is -9.46. The molecule has 0 bridgehead atoms. The third-order valence-corrected chi connectivity index (χ3v) is 2.28. The molecule has 1 atom stereocenters.